The van der Waals surface area contributed by atoms with Crippen LogP contribution in [0.1, 0.15) is 27.2 Å². The highest BCUT2D eigenvalue weighted by molar-refractivity contribution is 8.70. The highest BCUT2D eigenvalue weighted by Gasteiger charge is 2.02. The maximum Gasteiger partial charge on any atom is -0.00589 e. The van der Waals surface area contributed by atoms with Crippen molar-refractivity contribution in [3.8, 4) is 0 Å². The van der Waals surface area contributed by atoms with Crippen molar-refractivity contribution in [2.24, 2.45) is 5.92 Å². The summed E-state index contributed by atoms with van der Waals surface area (Å²) >= 11 is 4.14. The van der Waals surface area contributed by atoms with E-state index in [9.17, 15) is 0 Å². The lowest BCUT2D eigenvalue weighted by Crippen LogP contribution is -1.91. The smallest absolute Gasteiger partial charge is 0.00589 e. The molecule has 1 unspecified atom stereocenters. The third kappa shape index (κ3) is 3.21. The first-order valence-electron chi connectivity index (χ1n) is 3.23. The summed E-state index contributed by atoms with van der Waals surface area (Å²) in [6.45, 7) is 6.47. The van der Waals surface area contributed by atoms with Crippen molar-refractivity contribution in [3.63, 3.8) is 0 Å². The Balaban J connectivity index is 3.80. The number of rotatable bonds is 3. The van der Waals surface area contributed by atoms with E-state index in [-0.39, 0.29) is 0 Å². The molecule has 0 aromatic heterocycles. The lowest BCUT2D eigenvalue weighted by Gasteiger charge is -2.08. The molecule has 0 saturated carbocycles. The molecule has 2 heteroatoms. The molecule has 0 heterocycles. The minimum atomic E-state index is 0.678. The van der Waals surface area contributed by atoms with E-state index in [2.05, 4.69) is 38.5 Å². The number of hydrogen-bond acceptors (Lipinski definition) is 2. The van der Waals surface area contributed by atoms with Crippen LogP contribution in [-0.4, -0.2) is 0 Å². The zero-order valence-electron chi connectivity index (χ0n) is 6.22. The SMILES string of the molecule is CC=C(SS)C(C)CC. The van der Waals surface area contributed by atoms with Gasteiger partial charge in [0.1, 0.15) is 0 Å². The van der Waals surface area contributed by atoms with Gasteiger partial charge in [0.15, 0.2) is 0 Å². The highest BCUT2D eigenvalue weighted by Crippen LogP contribution is 2.28. The Bertz CT molecular complexity index is 97.1. The summed E-state index contributed by atoms with van der Waals surface area (Å²) in [7, 11) is 1.56. The second kappa shape index (κ2) is 5.24. The van der Waals surface area contributed by atoms with Crippen LogP contribution in [0, 0.1) is 5.92 Å². The van der Waals surface area contributed by atoms with E-state index in [1.54, 1.807) is 10.8 Å². The Morgan fingerprint density at radius 1 is 1.78 bits per heavy atom. The van der Waals surface area contributed by atoms with Gasteiger partial charge in [-0.3, -0.25) is 0 Å². The summed E-state index contributed by atoms with van der Waals surface area (Å²) in [5, 5.41) is 0. The lowest BCUT2D eigenvalue weighted by atomic mass is 10.1. The Labute approximate surface area is 66.9 Å². The second-order valence-electron chi connectivity index (χ2n) is 2.09. The van der Waals surface area contributed by atoms with Gasteiger partial charge in [0.25, 0.3) is 0 Å². The van der Waals surface area contributed by atoms with Gasteiger partial charge in [-0.1, -0.05) is 30.7 Å². The summed E-state index contributed by atoms with van der Waals surface area (Å²) < 4.78 is 0. The first-order valence-corrected chi connectivity index (χ1v) is 5.10. The fourth-order valence-electron chi connectivity index (χ4n) is 0.628. The molecule has 54 valence electrons. The lowest BCUT2D eigenvalue weighted by molar-refractivity contribution is 0.687. The van der Waals surface area contributed by atoms with Crippen molar-refractivity contribution in [2.75, 3.05) is 0 Å². The Morgan fingerprint density at radius 2 is 2.33 bits per heavy atom. The predicted molar refractivity (Wildman–Crippen MR) is 49.8 cm³/mol. The van der Waals surface area contributed by atoms with Crippen molar-refractivity contribution in [1.29, 1.82) is 0 Å². The zero-order valence-corrected chi connectivity index (χ0v) is 7.93. The van der Waals surface area contributed by atoms with Crippen LogP contribution in [0.2, 0.25) is 0 Å². The summed E-state index contributed by atoms with van der Waals surface area (Å²) in [5.41, 5.74) is 0. The van der Waals surface area contributed by atoms with E-state index in [1.165, 1.54) is 11.3 Å². The van der Waals surface area contributed by atoms with Gasteiger partial charge in [-0.15, -0.1) is 11.7 Å². The maximum atomic E-state index is 4.14. The topological polar surface area (TPSA) is 0 Å². The molecule has 0 fully saturated rings. The fraction of sp³-hybridized carbons (Fsp3) is 0.714. The molecule has 0 amide bonds. The van der Waals surface area contributed by atoms with Crippen LogP contribution in [0.15, 0.2) is 11.0 Å². The maximum absolute atomic E-state index is 4.14. The number of hydrogen-bond donors (Lipinski definition) is 1. The van der Waals surface area contributed by atoms with Crippen molar-refractivity contribution >= 4 is 22.5 Å². The van der Waals surface area contributed by atoms with E-state index in [0.717, 1.165) is 0 Å². The van der Waals surface area contributed by atoms with Crippen LogP contribution in [0.3, 0.4) is 0 Å². The van der Waals surface area contributed by atoms with Crippen LogP contribution in [0.4, 0.5) is 0 Å². The van der Waals surface area contributed by atoms with E-state index >= 15 is 0 Å². The van der Waals surface area contributed by atoms with Gasteiger partial charge in [-0.05, 0) is 24.2 Å². The number of allylic oxidation sites excluding steroid dienone is 2. The van der Waals surface area contributed by atoms with Gasteiger partial charge in [0, 0.05) is 0 Å². The van der Waals surface area contributed by atoms with Crippen molar-refractivity contribution in [2.45, 2.75) is 27.2 Å². The third-order valence-electron chi connectivity index (χ3n) is 1.49. The molecular formula is C7H14S2. The largest absolute Gasteiger partial charge is 0.106 e. The van der Waals surface area contributed by atoms with Gasteiger partial charge in [0.2, 0.25) is 0 Å². The molecule has 0 spiro atoms. The summed E-state index contributed by atoms with van der Waals surface area (Å²) in [5.74, 6) is 0.678. The molecule has 0 rings (SSSR count). The Morgan fingerprint density at radius 3 is 2.44 bits per heavy atom. The van der Waals surface area contributed by atoms with Crippen molar-refractivity contribution < 1.29 is 0 Å². The molecule has 0 aliphatic rings. The molecule has 0 aromatic rings. The standard InChI is InChI=1S/C7H14S2/c1-4-6(3)7(5-2)9-8/h5-6,8H,4H2,1-3H3. The van der Waals surface area contributed by atoms with Crippen LogP contribution >= 0.6 is 22.5 Å². The quantitative estimate of drug-likeness (QED) is 0.489. The molecular weight excluding hydrogens is 148 g/mol. The zero-order chi connectivity index (χ0) is 7.28. The first-order chi connectivity index (χ1) is 4.26. The molecule has 0 nitrogen and oxygen atoms in total. The van der Waals surface area contributed by atoms with Gasteiger partial charge in [-0.25, -0.2) is 0 Å². The second-order valence-corrected chi connectivity index (χ2v) is 3.29. The summed E-state index contributed by atoms with van der Waals surface area (Å²) in [6, 6.07) is 0. The van der Waals surface area contributed by atoms with E-state index in [1.807, 2.05) is 0 Å². The molecule has 1 atom stereocenters. The number of thiol groups is 1. The molecule has 9 heavy (non-hydrogen) atoms. The summed E-state index contributed by atoms with van der Waals surface area (Å²) in [4.78, 5) is 1.38. The van der Waals surface area contributed by atoms with Gasteiger partial charge < -0.3 is 0 Å². The molecule has 0 N–H and O–H groups in total. The van der Waals surface area contributed by atoms with Gasteiger partial charge in [0.05, 0.1) is 0 Å². The molecule has 0 aromatic carbocycles. The minimum Gasteiger partial charge on any atom is -0.106 e. The van der Waals surface area contributed by atoms with E-state index < -0.39 is 0 Å². The van der Waals surface area contributed by atoms with Gasteiger partial charge in [-0.2, -0.15) is 0 Å². The molecule has 0 radical (unpaired) electrons. The van der Waals surface area contributed by atoms with Crippen LogP contribution in [0.25, 0.3) is 0 Å². The third-order valence-corrected chi connectivity index (χ3v) is 2.97. The molecule has 0 saturated heterocycles. The average Bonchev–Trinajstić information content (AvgIpc) is 1.90. The van der Waals surface area contributed by atoms with Crippen molar-refractivity contribution in [1.82, 2.24) is 0 Å². The van der Waals surface area contributed by atoms with E-state index in [4.69, 9.17) is 0 Å². The molecule has 0 aliphatic heterocycles. The highest BCUT2D eigenvalue weighted by atomic mass is 33.1. The van der Waals surface area contributed by atoms with E-state index in [0.29, 0.717) is 5.92 Å². The monoisotopic (exact) mass is 162 g/mol. The summed E-state index contributed by atoms with van der Waals surface area (Å²) in [6.07, 6.45) is 3.33. The van der Waals surface area contributed by atoms with Gasteiger partial charge >= 0.3 is 0 Å². The molecule has 0 aliphatic carbocycles. The average molecular weight is 162 g/mol. The first kappa shape index (κ1) is 9.44. The Hall–Kier alpha value is 0.440. The minimum absolute atomic E-state index is 0.678. The van der Waals surface area contributed by atoms with Crippen LogP contribution < -0.4 is 0 Å². The predicted octanol–water partition coefficient (Wildman–Crippen LogP) is 3.51. The van der Waals surface area contributed by atoms with Crippen molar-refractivity contribution in [3.05, 3.63) is 11.0 Å². The van der Waals surface area contributed by atoms with Crippen LogP contribution in [0.5, 0.6) is 0 Å². The molecule has 0 bridgehead atoms. The Kier molecular flexibility index (Phi) is 5.50. The fourth-order valence-corrected chi connectivity index (χ4v) is 1.94. The normalized spacial score (nSPS) is 15.8. The van der Waals surface area contributed by atoms with Crippen LogP contribution in [-0.2, 0) is 0 Å².